The molecule has 2 atom stereocenters. The van der Waals surface area contributed by atoms with Crippen LogP contribution >= 0.6 is 0 Å². The largest absolute Gasteiger partial charge is 0.497 e. The summed E-state index contributed by atoms with van der Waals surface area (Å²) in [6, 6.07) is 6.08. The van der Waals surface area contributed by atoms with Gasteiger partial charge >= 0.3 is 5.97 Å². The van der Waals surface area contributed by atoms with E-state index in [9.17, 15) is 4.79 Å². The van der Waals surface area contributed by atoms with Crippen LogP contribution in [0.2, 0.25) is 0 Å². The Bertz CT molecular complexity index is 542. The number of fused-ring (bicyclic) bond motifs is 1. The number of carbonyl (C=O) groups excluding carboxylic acids is 1. The Labute approximate surface area is 140 Å². The van der Waals surface area contributed by atoms with Gasteiger partial charge in [0.2, 0.25) is 0 Å². The zero-order valence-corrected chi connectivity index (χ0v) is 15.1. The lowest BCUT2D eigenvalue weighted by molar-refractivity contribution is -0.159. The molecule has 0 aromatic heterocycles. The van der Waals surface area contributed by atoms with Crippen molar-refractivity contribution in [1.29, 1.82) is 0 Å². The van der Waals surface area contributed by atoms with Gasteiger partial charge in [0, 0.05) is 0 Å². The fourth-order valence-electron chi connectivity index (χ4n) is 3.41. The maximum Gasteiger partial charge on any atom is 0.310 e. The first kappa shape index (κ1) is 17.8. The Morgan fingerprint density at radius 2 is 2.09 bits per heavy atom. The minimum absolute atomic E-state index is 0.0453. The second-order valence-electron chi connectivity index (χ2n) is 7.59. The summed E-state index contributed by atoms with van der Waals surface area (Å²) in [5.41, 5.74) is 2.33. The molecule has 0 saturated carbocycles. The molecule has 0 amide bonds. The summed E-state index contributed by atoms with van der Waals surface area (Å²) in [6.07, 6.45) is 4.75. The van der Waals surface area contributed by atoms with Crippen LogP contribution in [-0.2, 0) is 16.0 Å². The molecule has 0 N–H and O–H groups in total. The number of rotatable bonds is 5. The van der Waals surface area contributed by atoms with E-state index in [0.717, 1.165) is 43.4 Å². The molecular formula is C20H30O3. The quantitative estimate of drug-likeness (QED) is 0.710. The van der Waals surface area contributed by atoms with E-state index in [2.05, 4.69) is 39.8 Å². The van der Waals surface area contributed by atoms with E-state index in [1.807, 2.05) is 6.07 Å². The van der Waals surface area contributed by atoms with Crippen molar-refractivity contribution in [1.82, 2.24) is 0 Å². The standard InChI is InChI=1S/C20H30O3/c1-6-8-17(20(2,3)4)19(21)23-18-10-7-9-14-13-15(22-5)11-12-16(14)18/h11-13,17-18H,6-10H2,1-5H3. The lowest BCUT2D eigenvalue weighted by atomic mass is 9.78. The van der Waals surface area contributed by atoms with Crippen LogP contribution in [0, 0.1) is 11.3 Å². The topological polar surface area (TPSA) is 35.5 Å². The molecule has 0 heterocycles. The van der Waals surface area contributed by atoms with Crippen molar-refractivity contribution in [2.24, 2.45) is 11.3 Å². The van der Waals surface area contributed by atoms with Crippen LogP contribution in [-0.4, -0.2) is 13.1 Å². The maximum atomic E-state index is 12.7. The number of benzene rings is 1. The van der Waals surface area contributed by atoms with Gasteiger partial charge in [-0.15, -0.1) is 0 Å². The monoisotopic (exact) mass is 318 g/mol. The predicted molar refractivity (Wildman–Crippen MR) is 92.6 cm³/mol. The average Bonchev–Trinajstić information content (AvgIpc) is 2.51. The van der Waals surface area contributed by atoms with Gasteiger partial charge in [-0.25, -0.2) is 0 Å². The Hall–Kier alpha value is -1.51. The summed E-state index contributed by atoms with van der Waals surface area (Å²) >= 11 is 0. The third-order valence-corrected chi connectivity index (χ3v) is 4.78. The first-order valence-electron chi connectivity index (χ1n) is 8.74. The highest BCUT2D eigenvalue weighted by Gasteiger charge is 2.34. The van der Waals surface area contributed by atoms with Gasteiger partial charge in [0.15, 0.2) is 0 Å². The van der Waals surface area contributed by atoms with Crippen LogP contribution in [0.1, 0.15) is 70.6 Å². The summed E-state index contributed by atoms with van der Waals surface area (Å²) in [7, 11) is 1.68. The minimum atomic E-state index is -0.112. The van der Waals surface area contributed by atoms with Crippen LogP contribution in [0.3, 0.4) is 0 Å². The van der Waals surface area contributed by atoms with E-state index in [0.29, 0.717) is 0 Å². The Morgan fingerprint density at radius 1 is 1.35 bits per heavy atom. The van der Waals surface area contributed by atoms with E-state index in [1.165, 1.54) is 5.56 Å². The summed E-state index contributed by atoms with van der Waals surface area (Å²) in [5, 5.41) is 0. The normalized spacial score (nSPS) is 18.9. The molecule has 0 spiro atoms. The van der Waals surface area contributed by atoms with Gasteiger partial charge in [-0.05, 0) is 54.4 Å². The average molecular weight is 318 g/mol. The number of ether oxygens (including phenoxy) is 2. The molecule has 2 unspecified atom stereocenters. The molecule has 3 heteroatoms. The van der Waals surface area contributed by atoms with E-state index >= 15 is 0 Å². The molecule has 23 heavy (non-hydrogen) atoms. The van der Waals surface area contributed by atoms with Gasteiger partial charge < -0.3 is 9.47 Å². The van der Waals surface area contributed by atoms with E-state index < -0.39 is 0 Å². The van der Waals surface area contributed by atoms with Crippen LogP contribution in [0.25, 0.3) is 0 Å². The predicted octanol–water partition coefficient (Wildman–Crippen LogP) is 5.08. The molecule has 0 aliphatic heterocycles. The first-order valence-corrected chi connectivity index (χ1v) is 8.74. The van der Waals surface area contributed by atoms with Gasteiger partial charge in [0.05, 0.1) is 13.0 Å². The third kappa shape index (κ3) is 4.27. The number of esters is 1. The van der Waals surface area contributed by atoms with Gasteiger partial charge in [-0.2, -0.15) is 0 Å². The van der Waals surface area contributed by atoms with Crippen LogP contribution in [0.15, 0.2) is 18.2 Å². The van der Waals surface area contributed by atoms with Crippen molar-refractivity contribution in [3.05, 3.63) is 29.3 Å². The van der Waals surface area contributed by atoms with Gasteiger partial charge in [0.1, 0.15) is 11.9 Å². The molecule has 0 fully saturated rings. The molecule has 1 aliphatic carbocycles. The number of aryl methyl sites for hydroxylation is 1. The molecule has 0 radical (unpaired) electrons. The molecule has 1 aliphatic rings. The Morgan fingerprint density at radius 3 is 2.70 bits per heavy atom. The second-order valence-corrected chi connectivity index (χ2v) is 7.59. The summed E-state index contributed by atoms with van der Waals surface area (Å²) in [4.78, 5) is 12.7. The SMILES string of the molecule is CCCC(C(=O)OC1CCCc2cc(OC)ccc21)C(C)(C)C. The van der Waals surface area contributed by atoms with Crippen molar-refractivity contribution in [2.45, 2.75) is 65.9 Å². The molecule has 3 nitrogen and oxygen atoms in total. The van der Waals surface area contributed by atoms with Gasteiger partial charge in [-0.1, -0.05) is 40.2 Å². The van der Waals surface area contributed by atoms with Crippen LogP contribution in [0.4, 0.5) is 0 Å². The van der Waals surface area contributed by atoms with Crippen molar-refractivity contribution in [2.75, 3.05) is 7.11 Å². The minimum Gasteiger partial charge on any atom is -0.497 e. The summed E-state index contributed by atoms with van der Waals surface area (Å²) < 4.78 is 11.3. The van der Waals surface area contributed by atoms with Gasteiger partial charge in [-0.3, -0.25) is 4.79 Å². The third-order valence-electron chi connectivity index (χ3n) is 4.78. The van der Waals surface area contributed by atoms with Crippen LogP contribution < -0.4 is 4.74 Å². The van der Waals surface area contributed by atoms with E-state index in [-0.39, 0.29) is 23.4 Å². The maximum absolute atomic E-state index is 12.7. The smallest absolute Gasteiger partial charge is 0.310 e. The number of methoxy groups -OCH3 is 1. The Balaban J connectivity index is 2.16. The molecule has 1 aromatic carbocycles. The molecule has 1 aromatic rings. The van der Waals surface area contributed by atoms with Crippen molar-refractivity contribution >= 4 is 5.97 Å². The zero-order valence-electron chi connectivity index (χ0n) is 15.1. The second kappa shape index (κ2) is 7.37. The first-order chi connectivity index (χ1) is 10.9. The van der Waals surface area contributed by atoms with Crippen LogP contribution in [0.5, 0.6) is 5.75 Å². The lowest BCUT2D eigenvalue weighted by Crippen LogP contribution is -2.31. The molecule has 128 valence electrons. The molecular weight excluding hydrogens is 288 g/mol. The zero-order chi connectivity index (χ0) is 17.0. The number of hydrogen-bond donors (Lipinski definition) is 0. The Kier molecular flexibility index (Phi) is 5.72. The van der Waals surface area contributed by atoms with Crippen molar-refractivity contribution in [3.8, 4) is 5.75 Å². The van der Waals surface area contributed by atoms with Gasteiger partial charge in [0.25, 0.3) is 0 Å². The number of hydrogen-bond acceptors (Lipinski definition) is 3. The van der Waals surface area contributed by atoms with Crippen molar-refractivity contribution < 1.29 is 14.3 Å². The molecule has 0 saturated heterocycles. The van der Waals surface area contributed by atoms with E-state index in [1.54, 1.807) is 7.11 Å². The fourth-order valence-corrected chi connectivity index (χ4v) is 3.41. The summed E-state index contributed by atoms with van der Waals surface area (Å²) in [6.45, 7) is 8.48. The molecule has 2 rings (SSSR count). The highest BCUT2D eigenvalue weighted by molar-refractivity contribution is 5.73. The van der Waals surface area contributed by atoms with Crippen molar-refractivity contribution in [3.63, 3.8) is 0 Å². The fraction of sp³-hybridized carbons (Fsp3) is 0.650. The summed E-state index contributed by atoms with van der Waals surface area (Å²) in [5.74, 6) is 0.776. The van der Waals surface area contributed by atoms with E-state index in [4.69, 9.17) is 9.47 Å². The molecule has 0 bridgehead atoms. The highest BCUT2D eigenvalue weighted by atomic mass is 16.5. The highest BCUT2D eigenvalue weighted by Crippen LogP contribution is 2.37. The number of carbonyl (C=O) groups is 1. The lowest BCUT2D eigenvalue weighted by Gasteiger charge is -2.32.